The molecule has 0 aromatic heterocycles. The zero-order valence-corrected chi connectivity index (χ0v) is 9.49. The van der Waals surface area contributed by atoms with Crippen LogP contribution in [0.3, 0.4) is 0 Å². The van der Waals surface area contributed by atoms with Crippen LogP contribution in [0.5, 0.6) is 0 Å². The zero-order valence-electron chi connectivity index (χ0n) is 9.49. The van der Waals surface area contributed by atoms with Crippen molar-refractivity contribution in [2.45, 2.75) is 0 Å². The lowest BCUT2D eigenvalue weighted by atomic mass is 10.1. The van der Waals surface area contributed by atoms with Gasteiger partial charge >= 0.3 is 0 Å². The monoisotopic (exact) mass is 247 g/mol. The second-order valence-electron chi connectivity index (χ2n) is 3.80. The van der Waals surface area contributed by atoms with E-state index in [-0.39, 0.29) is 17.9 Å². The average Bonchev–Trinajstić information content (AvgIpc) is 2.36. The summed E-state index contributed by atoms with van der Waals surface area (Å²) in [6.07, 6.45) is 0. The van der Waals surface area contributed by atoms with Gasteiger partial charge in [0.1, 0.15) is 11.6 Å². The molecule has 2 aromatic carbocycles. The Kier molecular flexibility index (Phi) is 3.67. The Morgan fingerprint density at radius 2 is 1.61 bits per heavy atom. The number of halogens is 2. The van der Waals surface area contributed by atoms with Gasteiger partial charge < -0.3 is 5.32 Å². The number of carbonyl (C=O) groups excluding carboxylic acids is 1. The molecule has 0 amide bonds. The molecule has 0 heterocycles. The van der Waals surface area contributed by atoms with Crippen molar-refractivity contribution in [3.63, 3.8) is 0 Å². The fourth-order valence-corrected chi connectivity index (χ4v) is 1.56. The van der Waals surface area contributed by atoms with Crippen LogP contribution in [0, 0.1) is 11.6 Å². The van der Waals surface area contributed by atoms with Gasteiger partial charge in [0.2, 0.25) is 0 Å². The number of ketones is 1. The van der Waals surface area contributed by atoms with E-state index in [0.29, 0.717) is 0 Å². The summed E-state index contributed by atoms with van der Waals surface area (Å²) in [4.78, 5) is 11.7. The van der Waals surface area contributed by atoms with Crippen LogP contribution >= 0.6 is 0 Å². The molecule has 0 saturated carbocycles. The fourth-order valence-electron chi connectivity index (χ4n) is 1.56. The highest BCUT2D eigenvalue weighted by molar-refractivity contribution is 5.98. The number of benzene rings is 2. The third-order valence-corrected chi connectivity index (χ3v) is 2.41. The van der Waals surface area contributed by atoms with Gasteiger partial charge in [-0.3, -0.25) is 4.79 Å². The number of para-hydroxylation sites is 1. The summed E-state index contributed by atoms with van der Waals surface area (Å²) in [5.41, 5.74) is 0.804. The summed E-state index contributed by atoms with van der Waals surface area (Å²) in [7, 11) is 0. The van der Waals surface area contributed by atoms with Crippen LogP contribution in [0.4, 0.5) is 14.5 Å². The van der Waals surface area contributed by atoms with Crippen molar-refractivity contribution < 1.29 is 13.6 Å². The summed E-state index contributed by atoms with van der Waals surface area (Å²) < 4.78 is 25.9. The molecule has 2 rings (SSSR count). The Labute approximate surface area is 103 Å². The number of Topliss-reactive ketones (excluding diaryl/α,β-unsaturated/α-hetero) is 1. The Bertz CT molecular complexity index is 535. The maximum atomic E-state index is 12.9. The molecule has 2 aromatic rings. The fraction of sp³-hybridized carbons (Fsp3) is 0.0714. The molecule has 0 bridgehead atoms. The van der Waals surface area contributed by atoms with Gasteiger partial charge in [0, 0.05) is 17.3 Å². The molecule has 0 fully saturated rings. The predicted octanol–water partition coefficient (Wildman–Crippen LogP) is 3.26. The molecule has 0 spiro atoms. The average molecular weight is 247 g/mol. The maximum Gasteiger partial charge on any atom is 0.182 e. The standard InChI is InChI=1S/C14H11F2NO/c15-11-6-10(7-12(16)8-11)14(18)9-17-13-4-2-1-3-5-13/h1-8,17H,9H2. The van der Waals surface area contributed by atoms with Gasteiger partial charge in [0.05, 0.1) is 6.54 Å². The summed E-state index contributed by atoms with van der Waals surface area (Å²) in [5.74, 6) is -1.87. The summed E-state index contributed by atoms with van der Waals surface area (Å²) >= 11 is 0. The van der Waals surface area contributed by atoms with Crippen molar-refractivity contribution in [3.05, 3.63) is 65.7 Å². The van der Waals surface area contributed by atoms with E-state index in [1.54, 1.807) is 12.1 Å². The quantitative estimate of drug-likeness (QED) is 0.840. The van der Waals surface area contributed by atoms with Gasteiger partial charge in [0.15, 0.2) is 5.78 Å². The predicted molar refractivity (Wildman–Crippen MR) is 65.6 cm³/mol. The van der Waals surface area contributed by atoms with Crippen molar-refractivity contribution in [1.82, 2.24) is 0 Å². The number of hydrogen-bond donors (Lipinski definition) is 1. The summed E-state index contributed by atoms with van der Waals surface area (Å²) in [6.45, 7) is -0.00704. The lowest BCUT2D eigenvalue weighted by molar-refractivity contribution is 0.100. The first-order valence-corrected chi connectivity index (χ1v) is 5.43. The van der Waals surface area contributed by atoms with E-state index in [4.69, 9.17) is 0 Å². The number of hydrogen-bond acceptors (Lipinski definition) is 2. The van der Waals surface area contributed by atoms with E-state index in [2.05, 4.69) is 5.32 Å². The highest BCUT2D eigenvalue weighted by atomic mass is 19.1. The molecule has 4 heteroatoms. The van der Waals surface area contributed by atoms with Gasteiger partial charge in [-0.1, -0.05) is 18.2 Å². The molecular weight excluding hydrogens is 236 g/mol. The highest BCUT2D eigenvalue weighted by Crippen LogP contribution is 2.10. The van der Waals surface area contributed by atoms with Crippen LogP contribution in [0.15, 0.2) is 48.5 Å². The smallest absolute Gasteiger partial charge is 0.182 e. The van der Waals surface area contributed by atoms with Crippen molar-refractivity contribution in [2.24, 2.45) is 0 Å². The maximum absolute atomic E-state index is 12.9. The number of rotatable bonds is 4. The zero-order chi connectivity index (χ0) is 13.0. The third kappa shape index (κ3) is 3.13. The van der Waals surface area contributed by atoms with Crippen LogP contribution < -0.4 is 5.32 Å². The molecule has 0 unspecified atom stereocenters. The highest BCUT2D eigenvalue weighted by Gasteiger charge is 2.08. The first kappa shape index (κ1) is 12.2. The van der Waals surface area contributed by atoms with Crippen LogP contribution in [0.2, 0.25) is 0 Å². The van der Waals surface area contributed by atoms with Crippen LogP contribution in [-0.2, 0) is 0 Å². The Hall–Kier alpha value is -2.23. The Balaban J connectivity index is 2.04. The van der Waals surface area contributed by atoms with E-state index in [1.807, 2.05) is 18.2 Å². The van der Waals surface area contributed by atoms with Crippen LogP contribution in [-0.4, -0.2) is 12.3 Å². The molecule has 92 valence electrons. The van der Waals surface area contributed by atoms with E-state index in [1.165, 1.54) is 0 Å². The second-order valence-corrected chi connectivity index (χ2v) is 3.80. The minimum absolute atomic E-state index is 0.00704. The molecule has 0 saturated heterocycles. The molecule has 0 aliphatic heterocycles. The van der Waals surface area contributed by atoms with E-state index < -0.39 is 11.6 Å². The SMILES string of the molecule is O=C(CNc1ccccc1)c1cc(F)cc(F)c1. The van der Waals surface area contributed by atoms with Crippen molar-refractivity contribution in [2.75, 3.05) is 11.9 Å². The molecule has 0 aliphatic rings. The van der Waals surface area contributed by atoms with Crippen LogP contribution in [0.25, 0.3) is 0 Å². The summed E-state index contributed by atoms with van der Waals surface area (Å²) in [5, 5.41) is 2.89. The lowest BCUT2D eigenvalue weighted by Gasteiger charge is -2.05. The van der Waals surface area contributed by atoms with Crippen molar-refractivity contribution in [3.8, 4) is 0 Å². The van der Waals surface area contributed by atoms with Gasteiger partial charge in [-0.05, 0) is 24.3 Å². The lowest BCUT2D eigenvalue weighted by Crippen LogP contribution is -2.14. The molecule has 1 N–H and O–H groups in total. The normalized spacial score (nSPS) is 10.1. The molecular formula is C14H11F2NO. The van der Waals surface area contributed by atoms with E-state index in [0.717, 1.165) is 23.9 Å². The van der Waals surface area contributed by atoms with Gasteiger partial charge in [0.25, 0.3) is 0 Å². The van der Waals surface area contributed by atoms with Gasteiger partial charge in [-0.25, -0.2) is 8.78 Å². The van der Waals surface area contributed by atoms with Gasteiger partial charge in [-0.15, -0.1) is 0 Å². The number of carbonyl (C=O) groups is 1. The summed E-state index contributed by atoms with van der Waals surface area (Å²) in [6, 6.07) is 11.9. The Morgan fingerprint density at radius 1 is 1.00 bits per heavy atom. The first-order valence-electron chi connectivity index (χ1n) is 5.43. The first-order chi connectivity index (χ1) is 8.65. The molecule has 18 heavy (non-hydrogen) atoms. The van der Waals surface area contributed by atoms with Crippen molar-refractivity contribution in [1.29, 1.82) is 0 Å². The van der Waals surface area contributed by atoms with E-state index >= 15 is 0 Å². The topological polar surface area (TPSA) is 29.1 Å². The second kappa shape index (κ2) is 5.40. The minimum Gasteiger partial charge on any atom is -0.378 e. The number of nitrogens with one attached hydrogen (secondary N) is 1. The molecule has 0 radical (unpaired) electrons. The number of anilines is 1. The third-order valence-electron chi connectivity index (χ3n) is 2.41. The van der Waals surface area contributed by atoms with E-state index in [9.17, 15) is 13.6 Å². The minimum atomic E-state index is -0.752. The Morgan fingerprint density at radius 3 is 2.22 bits per heavy atom. The van der Waals surface area contributed by atoms with Crippen molar-refractivity contribution >= 4 is 11.5 Å². The largest absolute Gasteiger partial charge is 0.378 e. The molecule has 0 aliphatic carbocycles. The molecule has 2 nitrogen and oxygen atoms in total. The van der Waals surface area contributed by atoms with Crippen LogP contribution in [0.1, 0.15) is 10.4 Å². The van der Waals surface area contributed by atoms with Gasteiger partial charge in [-0.2, -0.15) is 0 Å². The molecule has 0 atom stereocenters.